The number of hydrogen-bond donors (Lipinski definition) is 2. The van der Waals surface area contributed by atoms with Crippen LogP contribution in [0.25, 0.3) is 11.1 Å². The minimum absolute atomic E-state index is 0.408. The predicted molar refractivity (Wildman–Crippen MR) is 72.0 cm³/mol. The van der Waals surface area contributed by atoms with Crippen molar-refractivity contribution in [3.05, 3.63) is 48.0 Å². The van der Waals surface area contributed by atoms with Gasteiger partial charge in [0, 0.05) is 16.9 Å². The van der Waals surface area contributed by atoms with Crippen molar-refractivity contribution >= 4 is 17.3 Å². The molecule has 18 heavy (non-hydrogen) atoms. The van der Waals surface area contributed by atoms with Gasteiger partial charge in [0.1, 0.15) is 0 Å². The number of anilines is 2. The molecular formula is C14H14N2O2. The molecule has 4 nitrogen and oxygen atoms in total. The van der Waals surface area contributed by atoms with E-state index < -0.39 is 5.97 Å². The molecule has 0 aromatic heterocycles. The normalized spacial score (nSPS) is 10.1. The van der Waals surface area contributed by atoms with E-state index in [0.717, 1.165) is 5.56 Å². The van der Waals surface area contributed by atoms with Crippen LogP contribution < -0.4 is 11.5 Å². The molecule has 0 saturated carbocycles. The van der Waals surface area contributed by atoms with Gasteiger partial charge in [-0.1, -0.05) is 18.2 Å². The molecule has 0 fully saturated rings. The standard InChI is InChI=1S/C14H14N2O2/c1-18-14(17)11-3-2-4-12(16)13(11)9-5-7-10(15)8-6-9/h2-8H,15-16H2,1H3. The Morgan fingerprint density at radius 3 is 2.33 bits per heavy atom. The lowest BCUT2D eigenvalue weighted by Crippen LogP contribution is -2.05. The third-order valence-corrected chi connectivity index (χ3v) is 2.70. The summed E-state index contributed by atoms with van der Waals surface area (Å²) in [4.78, 5) is 11.7. The first-order valence-electron chi connectivity index (χ1n) is 5.46. The molecular weight excluding hydrogens is 228 g/mol. The SMILES string of the molecule is COC(=O)c1cccc(N)c1-c1ccc(N)cc1. The highest BCUT2D eigenvalue weighted by atomic mass is 16.5. The number of benzene rings is 2. The summed E-state index contributed by atoms with van der Waals surface area (Å²) in [6, 6.07) is 12.3. The molecule has 0 spiro atoms. The predicted octanol–water partition coefficient (Wildman–Crippen LogP) is 2.30. The van der Waals surface area contributed by atoms with Crippen LogP contribution in [0.5, 0.6) is 0 Å². The van der Waals surface area contributed by atoms with Crippen LogP contribution in [-0.4, -0.2) is 13.1 Å². The van der Waals surface area contributed by atoms with Crippen molar-refractivity contribution in [1.29, 1.82) is 0 Å². The van der Waals surface area contributed by atoms with Gasteiger partial charge in [-0.3, -0.25) is 0 Å². The highest BCUT2D eigenvalue weighted by Crippen LogP contribution is 2.30. The third kappa shape index (κ3) is 2.13. The maximum absolute atomic E-state index is 11.7. The Morgan fingerprint density at radius 1 is 1.06 bits per heavy atom. The lowest BCUT2D eigenvalue weighted by Gasteiger charge is -2.11. The van der Waals surface area contributed by atoms with Gasteiger partial charge in [-0.15, -0.1) is 0 Å². The van der Waals surface area contributed by atoms with Crippen molar-refractivity contribution in [2.75, 3.05) is 18.6 Å². The van der Waals surface area contributed by atoms with Gasteiger partial charge in [-0.2, -0.15) is 0 Å². The number of carbonyl (C=O) groups is 1. The van der Waals surface area contributed by atoms with E-state index in [0.29, 0.717) is 22.5 Å². The molecule has 0 amide bonds. The Labute approximate surface area is 105 Å². The first-order valence-corrected chi connectivity index (χ1v) is 5.46. The zero-order valence-electron chi connectivity index (χ0n) is 10.0. The minimum atomic E-state index is -0.408. The van der Waals surface area contributed by atoms with Crippen LogP contribution in [0, 0.1) is 0 Å². The maximum atomic E-state index is 11.7. The van der Waals surface area contributed by atoms with Gasteiger partial charge in [-0.05, 0) is 29.8 Å². The molecule has 2 aromatic rings. The first-order chi connectivity index (χ1) is 8.63. The second kappa shape index (κ2) is 4.79. The molecule has 0 bridgehead atoms. The molecule has 0 atom stereocenters. The summed E-state index contributed by atoms with van der Waals surface area (Å²) in [5, 5.41) is 0. The van der Waals surface area contributed by atoms with Crippen LogP contribution in [-0.2, 0) is 4.74 Å². The van der Waals surface area contributed by atoms with Gasteiger partial charge in [0.25, 0.3) is 0 Å². The van der Waals surface area contributed by atoms with Crippen LogP contribution >= 0.6 is 0 Å². The van der Waals surface area contributed by atoms with Crippen molar-refractivity contribution in [3.8, 4) is 11.1 Å². The molecule has 0 radical (unpaired) electrons. The van der Waals surface area contributed by atoms with Crippen LogP contribution in [0.15, 0.2) is 42.5 Å². The zero-order chi connectivity index (χ0) is 13.1. The number of nitrogens with two attached hydrogens (primary N) is 2. The molecule has 0 aliphatic carbocycles. The van der Waals surface area contributed by atoms with E-state index in [4.69, 9.17) is 16.2 Å². The van der Waals surface area contributed by atoms with Crippen LogP contribution in [0.3, 0.4) is 0 Å². The molecule has 2 rings (SSSR count). The van der Waals surface area contributed by atoms with Crippen molar-refractivity contribution in [1.82, 2.24) is 0 Å². The fraction of sp³-hybridized carbons (Fsp3) is 0.0714. The molecule has 92 valence electrons. The number of esters is 1. The molecule has 4 heteroatoms. The Balaban J connectivity index is 2.62. The molecule has 0 heterocycles. The summed E-state index contributed by atoms with van der Waals surface area (Å²) in [7, 11) is 1.35. The fourth-order valence-electron chi connectivity index (χ4n) is 1.82. The number of rotatable bonds is 2. The topological polar surface area (TPSA) is 78.3 Å². The monoisotopic (exact) mass is 242 g/mol. The third-order valence-electron chi connectivity index (χ3n) is 2.70. The number of nitrogen functional groups attached to an aromatic ring is 2. The van der Waals surface area contributed by atoms with Crippen LogP contribution in [0.4, 0.5) is 11.4 Å². The second-order valence-corrected chi connectivity index (χ2v) is 3.88. The Kier molecular flexibility index (Phi) is 3.19. The lowest BCUT2D eigenvalue weighted by molar-refractivity contribution is 0.0601. The smallest absolute Gasteiger partial charge is 0.338 e. The van der Waals surface area contributed by atoms with E-state index >= 15 is 0 Å². The first kappa shape index (κ1) is 12.0. The molecule has 4 N–H and O–H groups in total. The van der Waals surface area contributed by atoms with Crippen molar-refractivity contribution in [3.63, 3.8) is 0 Å². The number of carbonyl (C=O) groups excluding carboxylic acids is 1. The second-order valence-electron chi connectivity index (χ2n) is 3.88. The van der Waals surface area contributed by atoms with Gasteiger partial charge in [-0.25, -0.2) is 4.79 Å². The minimum Gasteiger partial charge on any atom is -0.465 e. The van der Waals surface area contributed by atoms with Crippen LogP contribution in [0.1, 0.15) is 10.4 Å². The van der Waals surface area contributed by atoms with Gasteiger partial charge in [0.15, 0.2) is 0 Å². The molecule has 2 aromatic carbocycles. The fourth-order valence-corrected chi connectivity index (χ4v) is 1.82. The summed E-state index contributed by atoms with van der Waals surface area (Å²) in [6.07, 6.45) is 0. The van der Waals surface area contributed by atoms with Crippen LogP contribution in [0.2, 0.25) is 0 Å². The summed E-state index contributed by atoms with van der Waals surface area (Å²) in [6.45, 7) is 0. The van der Waals surface area contributed by atoms with Crippen molar-refractivity contribution < 1.29 is 9.53 Å². The Bertz CT molecular complexity index is 577. The van der Waals surface area contributed by atoms with Crippen molar-refractivity contribution in [2.24, 2.45) is 0 Å². The highest BCUT2D eigenvalue weighted by molar-refractivity contribution is 6.00. The van der Waals surface area contributed by atoms with Gasteiger partial charge in [0.2, 0.25) is 0 Å². The summed E-state index contributed by atoms with van der Waals surface area (Å²) in [5.74, 6) is -0.408. The summed E-state index contributed by atoms with van der Waals surface area (Å²) >= 11 is 0. The van der Waals surface area contributed by atoms with E-state index in [-0.39, 0.29) is 0 Å². The number of methoxy groups -OCH3 is 1. The molecule has 0 aliphatic heterocycles. The van der Waals surface area contributed by atoms with E-state index in [9.17, 15) is 4.79 Å². The lowest BCUT2D eigenvalue weighted by atomic mass is 9.97. The van der Waals surface area contributed by atoms with E-state index in [1.807, 2.05) is 12.1 Å². The average molecular weight is 242 g/mol. The number of ether oxygens (including phenoxy) is 1. The summed E-state index contributed by atoms with van der Waals surface area (Å²) < 4.78 is 4.76. The van der Waals surface area contributed by atoms with Gasteiger partial charge >= 0.3 is 5.97 Å². The van der Waals surface area contributed by atoms with E-state index in [1.54, 1.807) is 30.3 Å². The van der Waals surface area contributed by atoms with Crippen molar-refractivity contribution in [2.45, 2.75) is 0 Å². The van der Waals surface area contributed by atoms with Gasteiger partial charge in [0.05, 0.1) is 12.7 Å². The zero-order valence-corrected chi connectivity index (χ0v) is 10.0. The molecule has 0 saturated heterocycles. The van der Waals surface area contributed by atoms with E-state index in [2.05, 4.69) is 0 Å². The maximum Gasteiger partial charge on any atom is 0.338 e. The largest absolute Gasteiger partial charge is 0.465 e. The molecule has 0 aliphatic rings. The summed E-state index contributed by atoms with van der Waals surface area (Å²) in [5.41, 5.74) is 14.7. The van der Waals surface area contributed by atoms with E-state index in [1.165, 1.54) is 7.11 Å². The average Bonchev–Trinajstić information content (AvgIpc) is 2.39. The molecule has 0 unspecified atom stereocenters. The van der Waals surface area contributed by atoms with Gasteiger partial charge < -0.3 is 16.2 Å². The Morgan fingerprint density at radius 2 is 1.72 bits per heavy atom. The Hall–Kier alpha value is -2.49. The highest BCUT2D eigenvalue weighted by Gasteiger charge is 2.15. The number of hydrogen-bond acceptors (Lipinski definition) is 4. The quantitative estimate of drug-likeness (QED) is 0.625.